The Kier molecular flexibility index (Phi) is 6.40. The Balaban J connectivity index is 1.89. The monoisotopic (exact) mass is 372 g/mol. The molecule has 0 spiro atoms. The van der Waals surface area contributed by atoms with Gasteiger partial charge in [-0.1, -0.05) is 37.9 Å². The molecule has 3 rings (SSSR count). The molecule has 0 radical (unpaired) electrons. The topological polar surface area (TPSA) is 36.3 Å². The Labute approximate surface area is 159 Å². The first-order valence-electron chi connectivity index (χ1n) is 9.22. The van der Waals surface area contributed by atoms with E-state index in [-0.39, 0.29) is 0 Å². The lowest BCUT2D eigenvalue weighted by Crippen LogP contribution is -2.07. The number of para-hydroxylation sites is 1. The van der Waals surface area contributed by atoms with Crippen molar-refractivity contribution in [3.05, 3.63) is 53.3 Å². The first-order valence-corrected chi connectivity index (χ1v) is 9.60. The highest BCUT2D eigenvalue weighted by Gasteiger charge is 2.14. The van der Waals surface area contributed by atoms with Crippen LogP contribution in [0.3, 0.4) is 0 Å². The van der Waals surface area contributed by atoms with Gasteiger partial charge in [0.2, 0.25) is 0 Å². The molecule has 5 heteroatoms. The van der Waals surface area contributed by atoms with Crippen molar-refractivity contribution in [2.75, 3.05) is 6.61 Å². The summed E-state index contributed by atoms with van der Waals surface area (Å²) in [4.78, 5) is 4.84. The van der Waals surface area contributed by atoms with Crippen LogP contribution in [-0.4, -0.2) is 16.2 Å². The zero-order chi connectivity index (χ0) is 18.4. The average Bonchev–Trinajstić information content (AvgIpc) is 3.02. The van der Waals surface area contributed by atoms with E-state index >= 15 is 0 Å². The van der Waals surface area contributed by atoms with E-state index in [4.69, 9.17) is 26.1 Å². The fourth-order valence-electron chi connectivity index (χ4n) is 2.85. The van der Waals surface area contributed by atoms with Crippen molar-refractivity contribution in [1.82, 2.24) is 9.55 Å². The molecule has 0 saturated heterocycles. The molecule has 138 valence electrons. The van der Waals surface area contributed by atoms with Crippen molar-refractivity contribution in [2.45, 2.75) is 46.3 Å². The summed E-state index contributed by atoms with van der Waals surface area (Å²) in [6.07, 6.45) is 3.20. The van der Waals surface area contributed by atoms with Gasteiger partial charge in [-0.05, 0) is 49.2 Å². The van der Waals surface area contributed by atoms with Crippen molar-refractivity contribution in [3.8, 4) is 11.5 Å². The highest BCUT2D eigenvalue weighted by molar-refractivity contribution is 6.30. The van der Waals surface area contributed by atoms with E-state index in [9.17, 15) is 0 Å². The smallest absolute Gasteiger partial charge is 0.148 e. The Morgan fingerprint density at radius 3 is 2.54 bits per heavy atom. The van der Waals surface area contributed by atoms with Gasteiger partial charge in [-0.25, -0.2) is 4.98 Å². The summed E-state index contributed by atoms with van der Waals surface area (Å²) in [6.45, 7) is 6.32. The quantitative estimate of drug-likeness (QED) is 0.472. The normalized spacial score (nSPS) is 11.0. The van der Waals surface area contributed by atoms with Gasteiger partial charge in [0, 0.05) is 11.6 Å². The molecular weight excluding hydrogens is 348 g/mol. The summed E-state index contributed by atoms with van der Waals surface area (Å²) in [5.41, 5.74) is 2.01. The van der Waals surface area contributed by atoms with Gasteiger partial charge in [0.05, 0.1) is 12.1 Å². The molecule has 0 atom stereocenters. The molecule has 4 nitrogen and oxygen atoms in total. The third kappa shape index (κ3) is 4.31. The highest BCUT2D eigenvalue weighted by atomic mass is 35.5. The minimum Gasteiger partial charge on any atom is -0.491 e. The van der Waals surface area contributed by atoms with E-state index < -0.39 is 0 Å². The summed E-state index contributed by atoms with van der Waals surface area (Å²) in [5.74, 6) is 2.54. The third-order valence-corrected chi connectivity index (χ3v) is 4.45. The lowest BCUT2D eigenvalue weighted by molar-refractivity contribution is 0.289. The number of fused-ring (bicyclic) bond motifs is 1. The van der Waals surface area contributed by atoms with E-state index in [1.54, 1.807) is 0 Å². The zero-order valence-electron chi connectivity index (χ0n) is 15.4. The number of aromatic nitrogens is 2. The molecule has 0 amide bonds. The van der Waals surface area contributed by atoms with Gasteiger partial charge in [-0.15, -0.1) is 0 Å². The molecule has 1 aromatic heterocycles. The molecule has 0 aliphatic heterocycles. The first-order chi connectivity index (χ1) is 12.7. The predicted octanol–water partition coefficient (Wildman–Crippen LogP) is 5.86. The van der Waals surface area contributed by atoms with E-state index in [0.29, 0.717) is 18.2 Å². The van der Waals surface area contributed by atoms with Gasteiger partial charge < -0.3 is 14.0 Å². The Bertz CT molecular complexity index is 843. The van der Waals surface area contributed by atoms with Crippen LogP contribution < -0.4 is 9.47 Å². The van der Waals surface area contributed by atoms with E-state index in [1.165, 1.54) is 0 Å². The number of hydrogen-bond acceptors (Lipinski definition) is 3. The number of halogens is 1. The summed E-state index contributed by atoms with van der Waals surface area (Å²) in [5, 5.41) is 0.699. The summed E-state index contributed by atoms with van der Waals surface area (Å²) in [6, 6.07) is 13.5. The second kappa shape index (κ2) is 8.95. The van der Waals surface area contributed by atoms with Gasteiger partial charge in [0.25, 0.3) is 0 Å². The van der Waals surface area contributed by atoms with Gasteiger partial charge >= 0.3 is 0 Å². The highest BCUT2D eigenvalue weighted by Crippen LogP contribution is 2.27. The number of benzene rings is 2. The molecule has 3 aromatic rings. The van der Waals surface area contributed by atoms with Crippen molar-refractivity contribution < 1.29 is 9.47 Å². The summed E-state index contributed by atoms with van der Waals surface area (Å²) < 4.78 is 14.1. The maximum absolute atomic E-state index is 5.94. The third-order valence-electron chi connectivity index (χ3n) is 4.20. The number of aryl methyl sites for hydroxylation is 1. The SMILES string of the molecule is CCCCn1c(COc2ccc(Cl)cc2)nc2c(OCCC)cccc21. The van der Waals surface area contributed by atoms with Gasteiger partial charge in [-0.3, -0.25) is 0 Å². The lowest BCUT2D eigenvalue weighted by Gasteiger charge is -2.10. The lowest BCUT2D eigenvalue weighted by atomic mass is 10.2. The molecule has 0 N–H and O–H groups in total. The minimum atomic E-state index is 0.410. The molecule has 26 heavy (non-hydrogen) atoms. The molecule has 0 unspecified atom stereocenters. The molecule has 0 aliphatic rings. The van der Waals surface area contributed by atoms with Crippen molar-refractivity contribution in [3.63, 3.8) is 0 Å². The molecular formula is C21H25ClN2O2. The predicted molar refractivity (Wildman–Crippen MR) is 106 cm³/mol. The Morgan fingerprint density at radius 2 is 1.81 bits per heavy atom. The first kappa shape index (κ1) is 18.6. The number of unbranched alkanes of at least 4 members (excludes halogenated alkanes) is 1. The van der Waals surface area contributed by atoms with Crippen LogP contribution in [-0.2, 0) is 13.2 Å². The van der Waals surface area contributed by atoms with Crippen LogP contribution in [0.15, 0.2) is 42.5 Å². The maximum atomic E-state index is 5.94. The molecule has 2 aromatic carbocycles. The van der Waals surface area contributed by atoms with Gasteiger partial charge in [0.15, 0.2) is 0 Å². The van der Waals surface area contributed by atoms with Crippen LogP contribution in [0, 0.1) is 0 Å². The van der Waals surface area contributed by atoms with Gasteiger partial charge in [0.1, 0.15) is 29.4 Å². The van der Waals surface area contributed by atoms with E-state index in [0.717, 1.165) is 54.2 Å². The number of hydrogen-bond donors (Lipinski definition) is 0. The van der Waals surface area contributed by atoms with Crippen LogP contribution in [0.2, 0.25) is 5.02 Å². The molecule has 0 bridgehead atoms. The van der Waals surface area contributed by atoms with E-state index in [1.807, 2.05) is 36.4 Å². The molecule has 0 saturated carbocycles. The van der Waals surface area contributed by atoms with E-state index in [2.05, 4.69) is 24.5 Å². The summed E-state index contributed by atoms with van der Waals surface area (Å²) >= 11 is 5.94. The van der Waals surface area contributed by atoms with Crippen LogP contribution in [0.1, 0.15) is 38.9 Å². The molecule has 0 aliphatic carbocycles. The van der Waals surface area contributed by atoms with Crippen molar-refractivity contribution >= 4 is 22.6 Å². The maximum Gasteiger partial charge on any atom is 0.148 e. The largest absolute Gasteiger partial charge is 0.491 e. The average molecular weight is 373 g/mol. The standard InChI is InChI=1S/C21H25ClN2O2/c1-3-5-13-24-18-7-6-8-19(25-14-4-2)21(18)23-20(24)15-26-17-11-9-16(22)10-12-17/h6-12H,3-5,13-15H2,1-2H3. The molecule has 0 fully saturated rings. The second-order valence-corrected chi connectivity index (χ2v) is 6.68. The van der Waals surface area contributed by atoms with Crippen LogP contribution in [0.25, 0.3) is 11.0 Å². The van der Waals surface area contributed by atoms with Gasteiger partial charge in [-0.2, -0.15) is 0 Å². The fraction of sp³-hybridized carbons (Fsp3) is 0.381. The van der Waals surface area contributed by atoms with Crippen LogP contribution in [0.5, 0.6) is 11.5 Å². The second-order valence-electron chi connectivity index (χ2n) is 6.25. The number of rotatable bonds is 9. The fourth-order valence-corrected chi connectivity index (χ4v) is 2.98. The van der Waals surface area contributed by atoms with Crippen molar-refractivity contribution in [2.24, 2.45) is 0 Å². The molecule has 1 heterocycles. The Hall–Kier alpha value is -2.20. The number of nitrogens with zero attached hydrogens (tertiary/aromatic N) is 2. The Morgan fingerprint density at radius 1 is 1.00 bits per heavy atom. The van der Waals surface area contributed by atoms with Crippen LogP contribution in [0.4, 0.5) is 0 Å². The minimum absolute atomic E-state index is 0.410. The van der Waals surface area contributed by atoms with Crippen molar-refractivity contribution in [1.29, 1.82) is 0 Å². The van der Waals surface area contributed by atoms with Crippen LogP contribution >= 0.6 is 11.6 Å². The number of imidazole rings is 1. The number of ether oxygens (including phenoxy) is 2. The zero-order valence-corrected chi connectivity index (χ0v) is 16.1. The summed E-state index contributed by atoms with van der Waals surface area (Å²) in [7, 11) is 0.